The highest BCUT2D eigenvalue weighted by Crippen LogP contribution is 2.34. The van der Waals surface area contributed by atoms with E-state index >= 15 is 0 Å². The smallest absolute Gasteiger partial charge is 0.348 e. The minimum absolute atomic E-state index is 0.153. The van der Waals surface area contributed by atoms with Gasteiger partial charge in [0.2, 0.25) is 0 Å². The van der Waals surface area contributed by atoms with Crippen molar-refractivity contribution < 1.29 is 17.3 Å². The predicted octanol–water partition coefficient (Wildman–Crippen LogP) is 3.41. The summed E-state index contributed by atoms with van der Waals surface area (Å²) in [7, 11) is -3.93. The van der Waals surface area contributed by atoms with Gasteiger partial charge in [-0.05, 0) is 36.4 Å². The topological polar surface area (TPSA) is 68.7 Å². The molecule has 1 fully saturated rings. The molecular weight excluding hydrogens is 384 g/mol. The zero-order chi connectivity index (χ0) is 18.7. The molecule has 0 radical (unpaired) electrons. The zero-order valence-corrected chi connectivity index (χ0v) is 16.1. The number of morpholine rings is 1. The fraction of sp³-hybridized carbons (Fsp3) is 0.211. The van der Waals surface area contributed by atoms with Crippen molar-refractivity contribution >= 4 is 27.1 Å². The van der Waals surface area contributed by atoms with E-state index in [0.717, 1.165) is 27.6 Å². The number of para-hydroxylation sites is 2. The van der Waals surface area contributed by atoms with Crippen LogP contribution in [0, 0.1) is 0 Å². The van der Waals surface area contributed by atoms with Crippen LogP contribution < -0.4 is 9.08 Å². The Hall–Kier alpha value is -2.42. The lowest BCUT2D eigenvalue weighted by Crippen LogP contribution is -2.36. The van der Waals surface area contributed by atoms with Crippen LogP contribution in [0.15, 0.2) is 65.0 Å². The number of nitrogens with zero attached hydrogens (tertiary/aromatic N) is 2. The van der Waals surface area contributed by atoms with E-state index in [-0.39, 0.29) is 4.21 Å². The van der Waals surface area contributed by atoms with Crippen molar-refractivity contribution in [2.75, 3.05) is 31.2 Å². The SMILES string of the molecule is O=S(=O)(Oc1ccccc1N1CCOCC1)c1ccc(-c2ccccn2)s1. The second-order valence-corrected chi connectivity index (χ2v) is 8.80. The van der Waals surface area contributed by atoms with Crippen LogP contribution >= 0.6 is 11.3 Å². The summed E-state index contributed by atoms with van der Waals surface area (Å²) in [5.74, 6) is 0.326. The molecule has 8 heteroatoms. The van der Waals surface area contributed by atoms with E-state index < -0.39 is 10.1 Å². The molecule has 4 rings (SSSR count). The third kappa shape index (κ3) is 3.97. The number of thiophene rings is 1. The quantitative estimate of drug-likeness (QED) is 0.609. The summed E-state index contributed by atoms with van der Waals surface area (Å²) in [6.45, 7) is 2.62. The summed E-state index contributed by atoms with van der Waals surface area (Å²) < 4.78 is 36.6. The molecule has 0 N–H and O–H groups in total. The van der Waals surface area contributed by atoms with Crippen LogP contribution in [0.4, 0.5) is 5.69 Å². The van der Waals surface area contributed by atoms with Gasteiger partial charge in [-0.25, -0.2) is 0 Å². The number of ether oxygens (including phenoxy) is 1. The van der Waals surface area contributed by atoms with Gasteiger partial charge in [0.1, 0.15) is 0 Å². The molecule has 3 aromatic rings. The van der Waals surface area contributed by atoms with Gasteiger partial charge in [0.15, 0.2) is 9.96 Å². The fourth-order valence-corrected chi connectivity index (χ4v) is 5.04. The van der Waals surface area contributed by atoms with Crippen LogP contribution in [0.5, 0.6) is 5.75 Å². The van der Waals surface area contributed by atoms with Gasteiger partial charge in [0.25, 0.3) is 0 Å². The first kappa shape index (κ1) is 18.0. The van der Waals surface area contributed by atoms with Gasteiger partial charge in [-0.15, -0.1) is 11.3 Å². The van der Waals surface area contributed by atoms with E-state index in [2.05, 4.69) is 9.88 Å². The summed E-state index contributed by atoms with van der Waals surface area (Å²) >= 11 is 1.14. The second kappa shape index (κ2) is 7.67. The van der Waals surface area contributed by atoms with E-state index in [1.165, 1.54) is 0 Å². The molecule has 0 saturated carbocycles. The second-order valence-electron chi connectivity index (χ2n) is 5.94. The molecule has 0 aliphatic carbocycles. The predicted molar refractivity (Wildman–Crippen MR) is 105 cm³/mol. The fourth-order valence-electron chi connectivity index (χ4n) is 2.85. The van der Waals surface area contributed by atoms with Gasteiger partial charge in [-0.2, -0.15) is 8.42 Å². The Labute approximate surface area is 162 Å². The molecule has 1 aliphatic rings. The zero-order valence-electron chi connectivity index (χ0n) is 14.4. The lowest BCUT2D eigenvalue weighted by molar-refractivity contribution is 0.122. The van der Waals surface area contributed by atoms with Crippen molar-refractivity contribution in [3.63, 3.8) is 0 Å². The number of hydrogen-bond donors (Lipinski definition) is 0. The highest BCUT2D eigenvalue weighted by Gasteiger charge is 2.23. The van der Waals surface area contributed by atoms with E-state index in [1.807, 2.05) is 30.3 Å². The number of benzene rings is 1. The summed E-state index contributed by atoms with van der Waals surface area (Å²) in [6, 6.07) is 16.0. The average molecular weight is 402 g/mol. The first-order valence-corrected chi connectivity index (χ1v) is 10.7. The normalized spacial score (nSPS) is 14.9. The Kier molecular flexibility index (Phi) is 5.11. The van der Waals surface area contributed by atoms with Gasteiger partial charge in [0, 0.05) is 19.3 Å². The van der Waals surface area contributed by atoms with Gasteiger partial charge in [-0.3, -0.25) is 4.98 Å². The highest BCUT2D eigenvalue weighted by molar-refractivity contribution is 7.89. The van der Waals surface area contributed by atoms with E-state index in [9.17, 15) is 8.42 Å². The first-order chi connectivity index (χ1) is 13.1. The molecular formula is C19H18N2O4S2. The molecule has 0 amide bonds. The van der Waals surface area contributed by atoms with Crippen molar-refractivity contribution in [3.05, 3.63) is 60.8 Å². The van der Waals surface area contributed by atoms with Crippen LogP contribution in [0.2, 0.25) is 0 Å². The maximum absolute atomic E-state index is 12.8. The molecule has 0 unspecified atom stereocenters. The third-order valence-corrected chi connectivity index (χ3v) is 6.95. The summed E-state index contributed by atoms with van der Waals surface area (Å²) in [5, 5.41) is 0. The molecule has 1 saturated heterocycles. The van der Waals surface area contributed by atoms with Crippen LogP contribution in [0.1, 0.15) is 0 Å². The standard InChI is InChI=1S/C19H18N2O4S2/c22-27(23,19-9-8-18(26-19)15-5-3-4-10-20-15)25-17-7-2-1-6-16(17)21-11-13-24-14-12-21/h1-10H,11-14H2. The highest BCUT2D eigenvalue weighted by atomic mass is 32.3. The van der Waals surface area contributed by atoms with Crippen molar-refractivity contribution in [1.29, 1.82) is 0 Å². The molecule has 1 aromatic carbocycles. The maximum Gasteiger partial charge on any atom is 0.348 e. The molecule has 0 atom stereocenters. The summed E-state index contributed by atoms with van der Waals surface area (Å²) in [4.78, 5) is 7.11. The number of pyridine rings is 1. The summed E-state index contributed by atoms with van der Waals surface area (Å²) in [5.41, 5.74) is 1.49. The maximum atomic E-state index is 12.8. The van der Waals surface area contributed by atoms with Gasteiger partial charge in [0.05, 0.1) is 29.5 Å². The number of anilines is 1. The van der Waals surface area contributed by atoms with Gasteiger partial charge < -0.3 is 13.8 Å². The minimum atomic E-state index is -3.93. The molecule has 6 nitrogen and oxygen atoms in total. The Morgan fingerprint density at radius 2 is 1.78 bits per heavy atom. The molecule has 2 aromatic heterocycles. The Morgan fingerprint density at radius 1 is 1.00 bits per heavy atom. The molecule has 0 spiro atoms. The first-order valence-electron chi connectivity index (χ1n) is 8.51. The van der Waals surface area contributed by atoms with E-state index in [0.29, 0.717) is 32.1 Å². The minimum Gasteiger partial charge on any atom is -0.378 e. The lowest BCUT2D eigenvalue weighted by atomic mass is 10.2. The molecule has 140 valence electrons. The number of rotatable bonds is 5. The Balaban J connectivity index is 1.60. The van der Waals surface area contributed by atoms with Crippen molar-refractivity contribution in [2.24, 2.45) is 0 Å². The average Bonchev–Trinajstić information content (AvgIpc) is 3.21. The number of hydrogen-bond acceptors (Lipinski definition) is 7. The third-order valence-electron chi connectivity index (χ3n) is 4.16. The van der Waals surface area contributed by atoms with E-state index in [4.69, 9.17) is 8.92 Å². The lowest BCUT2D eigenvalue weighted by Gasteiger charge is -2.29. The Bertz CT molecular complexity index is 1010. The molecule has 1 aliphatic heterocycles. The largest absolute Gasteiger partial charge is 0.378 e. The van der Waals surface area contributed by atoms with Crippen molar-refractivity contribution in [3.8, 4) is 16.3 Å². The van der Waals surface area contributed by atoms with Crippen LogP contribution in [0.3, 0.4) is 0 Å². The van der Waals surface area contributed by atoms with Crippen LogP contribution in [-0.2, 0) is 14.9 Å². The Morgan fingerprint density at radius 3 is 2.56 bits per heavy atom. The number of aromatic nitrogens is 1. The van der Waals surface area contributed by atoms with Crippen LogP contribution in [-0.4, -0.2) is 39.7 Å². The monoisotopic (exact) mass is 402 g/mol. The van der Waals surface area contributed by atoms with E-state index in [1.54, 1.807) is 30.5 Å². The van der Waals surface area contributed by atoms with Crippen molar-refractivity contribution in [1.82, 2.24) is 4.98 Å². The van der Waals surface area contributed by atoms with Gasteiger partial charge in [-0.1, -0.05) is 18.2 Å². The molecule has 3 heterocycles. The van der Waals surface area contributed by atoms with Gasteiger partial charge >= 0.3 is 10.1 Å². The molecule has 27 heavy (non-hydrogen) atoms. The summed E-state index contributed by atoms with van der Waals surface area (Å²) in [6.07, 6.45) is 1.68. The van der Waals surface area contributed by atoms with Crippen LogP contribution in [0.25, 0.3) is 10.6 Å². The van der Waals surface area contributed by atoms with Crippen molar-refractivity contribution in [2.45, 2.75) is 4.21 Å². The molecule has 0 bridgehead atoms.